The van der Waals surface area contributed by atoms with Crippen LogP contribution in [0.5, 0.6) is 0 Å². The summed E-state index contributed by atoms with van der Waals surface area (Å²) in [5.74, 6) is 0.575. The summed E-state index contributed by atoms with van der Waals surface area (Å²) in [6, 6.07) is 4.79. The molecule has 0 spiro atoms. The molecule has 0 aliphatic rings. The third-order valence-corrected chi connectivity index (χ3v) is 3.26. The highest BCUT2D eigenvalue weighted by atomic mass is 32.2. The van der Waals surface area contributed by atoms with E-state index in [4.69, 9.17) is 16.0 Å². The van der Waals surface area contributed by atoms with Crippen molar-refractivity contribution >= 4 is 17.6 Å². The number of nitrogens with two attached hydrogens (primary N) is 1. The SMILES string of the molecule is N/C(=N/O)c1cccc(CSCCCO)c1F. The van der Waals surface area contributed by atoms with Gasteiger partial charge in [0.25, 0.3) is 0 Å². The van der Waals surface area contributed by atoms with E-state index in [9.17, 15) is 4.39 Å². The van der Waals surface area contributed by atoms with Crippen LogP contribution in [-0.2, 0) is 5.75 Å². The average Bonchev–Trinajstić information content (AvgIpc) is 2.35. The van der Waals surface area contributed by atoms with Gasteiger partial charge in [-0.05, 0) is 23.8 Å². The van der Waals surface area contributed by atoms with Gasteiger partial charge in [-0.1, -0.05) is 17.3 Å². The van der Waals surface area contributed by atoms with Gasteiger partial charge in [0, 0.05) is 12.4 Å². The molecule has 0 saturated carbocycles. The first kappa shape index (κ1) is 13.8. The molecular formula is C11H15FN2O2S. The minimum atomic E-state index is -0.459. The highest BCUT2D eigenvalue weighted by Crippen LogP contribution is 2.19. The van der Waals surface area contributed by atoms with Crippen LogP contribution in [0.4, 0.5) is 4.39 Å². The van der Waals surface area contributed by atoms with Gasteiger partial charge in [-0.25, -0.2) is 4.39 Å². The summed E-state index contributed by atoms with van der Waals surface area (Å²) < 4.78 is 13.9. The molecule has 0 aliphatic carbocycles. The maximum Gasteiger partial charge on any atom is 0.173 e. The highest BCUT2D eigenvalue weighted by molar-refractivity contribution is 7.98. The lowest BCUT2D eigenvalue weighted by Crippen LogP contribution is -2.15. The zero-order valence-electron chi connectivity index (χ0n) is 9.27. The number of thioether (sulfide) groups is 1. The van der Waals surface area contributed by atoms with E-state index < -0.39 is 5.82 Å². The van der Waals surface area contributed by atoms with Crippen molar-refractivity contribution in [3.63, 3.8) is 0 Å². The number of nitrogens with zero attached hydrogens (tertiary/aromatic N) is 1. The molecule has 0 radical (unpaired) electrons. The Morgan fingerprint density at radius 2 is 2.24 bits per heavy atom. The number of amidine groups is 1. The molecule has 1 rings (SSSR count). The summed E-state index contributed by atoms with van der Waals surface area (Å²) in [7, 11) is 0. The van der Waals surface area contributed by atoms with Crippen molar-refractivity contribution in [2.24, 2.45) is 10.9 Å². The number of halogens is 1. The Labute approximate surface area is 103 Å². The van der Waals surface area contributed by atoms with Crippen LogP contribution in [0.15, 0.2) is 23.4 Å². The van der Waals surface area contributed by atoms with Crippen LogP contribution >= 0.6 is 11.8 Å². The fourth-order valence-electron chi connectivity index (χ4n) is 1.29. The Kier molecular flexibility index (Phi) is 5.79. The molecule has 0 unspecified atom stereocenters. The van der Waals surface area contributed by atoms with E-state index in [0.717, 1.165) is 5.75 Å². The van der Waals surface area contributed by atoms with Gasteiger partial charge < -0.3 is 16.0 Å². The number of aliphatic hydroxyl groups excluding tert-OH is 1. The minimum absolute atomic E-state index is 0.104. The van der Waals surface area contributed by atoms with E-state index >= 15 is 0 Å². The molecule has 17 heavy (non-hydrogen) atoms. The summed E-state index contributed by atoms with van der Waals surface area (Å²) in [5.41, 5.74) is 5.98. The van der Waals surface area contributed by atoms with Crippen LogP contribution in [0.25, 0.3) is 0 Å². The van der Waals surface area contributed by atoms with E-state index in [1.165, 1.54) is 17.8 Å². The van der Waals surface area contributed by atoms with Gasteiger partial charge in [0.1, 0.15) is 5.82 Å². The lowest BCUT2D eigenvalue weighted by Gasteiger charge is -2.06. The molecule has 0 aliphatic heterocycles. The number of rotatable bonds is 6. The van der Waals surface area contributed by atoms with Crippen LogP contribution in [0.2, 0.25) is 0 Å². The Bertz CT molecular complexity index is 399. The Hall–Kier alpha value is -1.27. The molecule has 1 aromatic rings. The largest absolute Gasteiger partial charge is 0.409 e. The van der Waals surface area contributed by atoms with E-state index in [1.54, 1.807) is 12.1 Å². The number of hydrogen-bond acceptors (Lipinski definition) is 4. The zero-order chi connectivity index (χ0) is 12.7. The molecule has 94 valence electrons. The highest BCUT2D eigenvalue weighted by Gasteiger charge is 2.11. The predicted octanol–water partition coefficient (Wildman–Crippen LogP) is 1.54. The number of aliphatic hydroxyl groups is 1. The van der Waals surface area contributed by atoms with E-state index in [0.29, 0.717) is 17.7 Å². The summed E-state index contributed by atoms with van der Waals surface area (Å²) in [6.45, 7) is 0.139. The quantitative estimate of drug-likeness (QED) is 0.238. The van der Waals surface area contributed by atoms with Gasteiger partial charge in [-0.15, -0.1) is 0 Å². The lowest BCUT2D eigenvalue weighted by atomic mass is 10.1. The Morgan fingerprint density at radius 1 is 1.47 bits per heavy atom. The van der Waals surface area contributed by atoms with Crippen molar-refractivity contribution in [1.29, 1.82) is 0 Å². The van der Waals surface area contributed by atoms with E-state index in [-0.39, 0.29) is 18.0 Å². The van der Waals surface area contributed by atoms with Gasteiger partial charge in [0.2, 0.25) is 0 Å². The molecule has 0 saturated heterocycles. The van der Waals surface area contributed by atoms with Crippen LogP contribution in [-0.4, -0.2) is 28.5 Å². The topological polar surface area (TPSA) is 78.8 Å². The molecular weight excluding hydrogens is 243 g/mol. The monoisotopic (exact) mass is 258 g/mol. The summed E-state index contributed by atoms with van der Waals surface area (Å²) in [5, 5.41) is 19.9. The lowest BCUT2D eigenvalue weighted by molar-refractivity contribution is 0.296. The molecule has 0 aromatic heterocycles. The average molecular weight is 258 g/mol. The van der Waals surface area contributed by atoms with Gasteiger partial charge in [-0.3, -0.25) is 0 Å². The number of oxime groups is 1. The molecule has 0 fully saturated rings. The van der Waals surface area contributed by atoms with Crippen molar-refractivity contribution < 1.29 is 14.7 Å². The standard InChI is InChI=1S/C11H15FN2O2S/c12-10-8(7-17-6-2-5-15)3-1-4-9(10)11(13)14-16/h1,3-4,15-16H,2,5-7H2,(H2,13,14). The van der Waals surface area contributed by atoms with Crippen LogP contribution < -0.4 is 5.73 Å². The Morgan fingerprint density at radius 3 is 2.88 bits per heavy atom. The van der Waals surface area contributed by atoms with Crippen LogP contribution in [0, 0.1) is 5.82 Å². The molecule has 0 bridgehead atoms. The van der Waals surface area contributed by atoms with Gasteiger partial charge in [0.15, 0.2) is 5.84 Å². The number of hydrogen-bond donors (Lipinski definition) is 3. The molecule has 1 aromatic carbocycles. The summed E-state index contributed by atoms with van der Waals surface area (Å²) in [6.07, 6.45) is 0.687. The fourth-order valence-corrected chi connectivity index (χ4v) is 2.21. The third kappa shape index (κ3) is 3.90. The van der Waals surface area contributed by atoms with E-state index in [2.05, 4.69) is 5.16 Å². The van der Waals surface area contributed by atoms with Crippen molar-refractivity contribution in [3.05, 3.63) is 35.1 Å². The number of benzene rings is 1. The first-order chi connectivity index (χ1) is 8.20. The third-order valence-electron chi connectivity index (χ3n) is 2.17. The molecule has 0 heterocycles. The fraction of sp³-hybridized carbons (Fsp3) is 0.364. The normalized spacial score (nSPS) is 11.8. The summed E-state index contributed by atoms with van der Waals surface area (Å²) >= 11 is 1.53. The summed E-state index contributed by atoms with van der Waals surface area (Å²) in [4.78, 5) is 0. The van der Waals surface area contributed by atoms with Crippen LogP contribution in [0.1, 0.15) is 17.5 Å². The molecule has 4 N–H and O–H groups in total. The smallest absolute Gasteiger partial charge is 0.173 e. The maximum atomic E-state index is 13.9. The predicted molar refractivity (Wildman–Crippen MR) is 66.8 cm³/mol. The van der Waals surface area contributed by atoms with Gasteiger partial charge in [0.05, 0.1) is 5.56 Å². The second kappa shape index (κ2) is 7.13. The van der Waals surface area contributed by atoms with Crippen molar-refractivity contribution in [3.8, 4) is 0 Å². The first-order valence-corrected chi connectivity index (χ1v) is 6.30. The van der Waals surface area contributed by atoms with E-state index in [1.807, 2.05) is 0 Å². The van der Waals surface area contributed by atoms with Crippen LogP contribution in [0.3, 0.4) is 0 Å². The molecule has 6 heteroatoms. The molecule has 0 atom stereocenters. The van der Waals surface area contributed by atoms with Gasteiger partial charge in [-0.2, -0.15) is 11.8 Å². The van der Waals surface area contributed by atoms with Gasteiger partial charge >= 0.3 is 0 Å². The molecule has 0 amide bonds. The van der Waals surface area contributed by atoms with Crippen molar-refractivity contribution in [1.82, 2.24) is 0 Å². The minimum Gasteiger partial charge on any atom is -0.409 e. The second-order valence-corrected chi connectivity index (χ2v) is 4.50. The zero-order valence-corrected chi connectivity index (χ0v) is 10.1. The van der Waals surface area contributed by atoms with Crippen molar-refractivity contribution in [2.45, 2.75) is 12.2 Å². The first-order valence-electron chi connectivity index (χ1n) is 5.14. The second-order valence-electron chi connectivity index (χ2n) is 3.39. The Balaban J connectivity index is 2.73. The maximum absolute atomic E-state index is 13.9. The molecule has 4 nitrogen and oxygen atoms in total. The van der Waals surface area contributed by atoms with Crippen molar-refractivity contribution in [2.75, 3.05) is 12.4 Å².